The zero-order valence-electron chi connectivity index (χ0n) is 14.0. The number of nitrogen functional groups attached to an aromatic ring is 1. The zero-order valence-corrected chi connectivity index (χ0v) is 16.4. The van der Waals surface area contributed by atoms with E-state index in [0.717, 1.165) is 14.6 Å². The molecule has 0 aliphatic heterocycles. The van der Waals surface area contributed by atoms with Crippen LogP contribution in [0.15, 0.2) is 34.0 Å². The second kappa shape index (κ2) is 7.29. The number of carbonyl (C=O) groups excluding carboxylic acids is 1. The maximum absolute atomic E-state index is 11.1. The number of benzene rings is 1. The number of anilines is 1. The summed E-state index contributed by atoms with van der Waals surface area (Å²) in [5.74, 6) is -0.0518. The van der Waals surface area contributed by atoms with Crippen LogP contribution in [-0.4, -0.2) is 37.1 Å². The van der Waals surface area contributed by atoms with Crippen molar-refractivity contribution in [2.75, 3.05) is 12.3 Å². The van der Waals surface area contributed by atoms with Crippen LogP contribution in [-0.2, 0) is 16.1 Å². The number of hydrogen-bond acceptors (Lipinski definition) is 9. The molecule has 0 saturated heterocycles. The summed E-state index contributed by atoms with van der Waals surface area (Å²) in [5.41, 5.74) is 7.85. The number of ether oxygens (including phenoxy) is 1. The molecule has 3 aromatic heterocycles. The molecule has 0 atom stereocenters. The lowest BCUT2D eigenvalue weighted by atomic mass is 10.3. The molecule has 0 saturated carbocycles. The van der Waals surface area contributed by atoms with Crippen LogP contribution in [0.4, 0.5) is 5.82 Å². The molecule has 138 valence electrons. The first-order chi connectivity index (χ1) is 13.0. The van der Waals surface area contributed by atoms with Crippen molar-refractivity contribution in [3.63, 3.8) is 0 Å². The van der Waals surface area contributed by atoms with Crippen molar-refractivity contribution >= 4 is 67.9 Å². The van der Waals surface area contributed by atoms with Crippen LogP contribution in [0.25, 0.3) is 21.4 Å². The molecular weight excluding hydrogens is 408 g/mol. The van der Waals surface area contributed by atoms with Gasteiger partial charge in [-0.15, -0.1) is 11.3 Å². The molecule has 11 heteroatoms. The van der Waals surface area contributed by atoms with Crippen LogP contribution in [0.3, 0.4) is 0 Å². The summed E-state index contributed by atoms with van der Waals surface area (Å²) in [5, 5.41) is 1.30. The van der Waals surface area contributed by atoms with E-state index in [1.807, 2.05) is 22.8 Å². The number of fused-ring (bicyclic) bond motifs is 2. The van der Waals surface area contributed by atoms with Gasteiger partial charge < -0.3 is 10.5 Å². The molecule has 0 fully saturated rings. The standard InChI is InChI=1S/C16H13ClN6O2S2/c1-8(24)25-6-5-23-14-11(13(18)19-7-20-14)22-15(23)27-16-21-10-4-2-3-9(17)12(10)26-16/h2-4,7H,5-6H2,1H3,(H2,18,19,20). The Hall–Kier alpha value is -2.43. The van der Waals surface area contributed by atoms with Crippen LogP contribution < -0.4 is 5.73 Å². The lowest BCUT2D eigenvalue weighted by Gasteiger charge is -2.07. The molecule has 0 unspecified atom stereocenters. The monoisotopic (exact) mass is 420 g/mol. The highest BCUT2D eigenvalue weighted by Crippen LogP contribution is 2.38. The summed E-state index contributed by atoms with van der Waals surface area (Å²) in [7, 11) is 0. The summed E-state index contributed by atoms with van der Waals surface area (Å²) >= 11 is 9.11. The molecule has 0 amide bonds. The van der Waals surface area contributed by atoms with E-state index < -0.39 is 0 Å². The highest BCUT2D eigenvalue weighted by molar-refractivity contribution is 8.01. The lowest BCUT2D eigenvalue weighted by molar-refractivity contribution is -0.141. The minimum absolute atomic E-state index is 0.198. The number of rotatable bonds is 5. The first kappa shape index (κ1) is 18.0. The van der Waals surface area contributed by atoms with Crippen molar-refractivity contribution in [1.82, 2.24) is 24.5 Å². The Bertz CT molecular complexity index is 1160. The molecule has 0 bridgehead atoms. The fourth-order valence-corrected chi connectivity index (χ4v) is 4.86. The molecule has 1 aromatic carbocycles. The highest BCUT2D eigenvalue weighted by atomic mass is 35.5. The summed E-state index contributed by atoms with van der Waals surface area (Å²) in [6.45, 7) is 1.96. The van der Waals surface area contributed by atoms with Gasteiger partial charge in [0.1, 0.15) is 12.9 Å². The van der Waals surface area contributed by atoms with E-state index in [-0.39, 0.29) is 12.6 Å². The van der Waals surface area contributed by atoms with Crippen molar-refractivity contribution in [3.8, 4) is 0 Å². The van der Waals surface area contributed by atoms with E-state index in [0.29, 0.717) is 33.7 Å². The number of esters is 1. The van der Waals surface area contributed by atoms with Gasteiger partial charge in [0, 0.05) is 6.92 Å². The Morgan fingerprint density at radius 1 is 1.37 bits per heavy atom. The van der Waals surface area contributed by atoms with E-state index >= 15 is 0 Å². The minimum Gasteiger partial charge on any atom is -0.464 e. The Morgan fingerprint density at radius 3 is 3.00 bits per heavy atom. The van der Waals surface area contributed by atoms with Crippen molar-refractivity contribution in [1.29, 1.82) is 0 Å². The van der Waals surface area contributed by atoms with Gasteiger partial charge in [-0.25, -0.2) is 19.9 Å². The second-order valence-electron chi connectivity index (χ2n) is 5.49. The predicted octanol–water partition coefficient (Wildman–Crippen LogP) is 3.39. The maximum atomic E-state index is 11.1. The van der Waals surface area contributed by atoms with Gasteiger partial charge in [-0.1, -0.05) is 17.7 Å². The predicted molar refractivity (Wildman–Crippen MR) is 105 cm³/mol. The quantitative estimate of drug-likeness (QED) is 0.489. The maximum Gasteiger partial charge on any atom is 0.302 e. The Balaban J connectivity index is 1.73. The molecule has 0 aliphatic carbocycles. The van der Waals surface area contributed by atoms with Crippen molar-refractivity contribution in [3.05, 3.63) is 29.5 Å². The number of thiazole rings is 1. The van der Waals surface area contributed by atoms with E-state index in [1.54, 1.807) is 0 Å². The molecule has 8 nitrogen and oxygen atoms in total. The van der Waals surface area contributed by atoms with Gasteiger partial charge in [-0.05, 0) is 23.9 Å². The van der Waals surface area contributed by atoms with E-state index in [4.69, 9.17) is 22.1 Å². The third-order valence-electron chi connectivity index (χ3n) is 3.67. The average molecular weight is 421 g/mol. The third-order valence-corrected chi connectivity index (χ3v) is 6.26. The van der Waals surface area contributed by atoms with E-state index in [9.17, 15) is 4.79 Å². The highest BCUT2D eigenvalue weighted by Gasteiger charge is 2.18. The SMILES string of the molecule is CC(=O)OCCn1c(Sc2nc3cccc(Cl)c3s2)nc2c(N)ncnc21. The fourth-order valence-electron chi connectivity index (χ4n) is 2.51. The summed E-state index contributed by atoms with van der Waals surface area (Å²) in [6, 6.07) is 5.61. The molecule has 4 aromatic rings. The third kappa shape index (κ3) is 3.55. The Labute approximate surface area is 166 Å². The normalized spacial score (nSPS) is 11.3. The van der Waals surface area contributed by atoms with Gasteiger partial charge in [0.15, 0.2) is 26.5 Å². The second-order valence-corrected chi connectivity index (χ2v) is 8.11. The smallest absolute Gasteiger partial charge is 0.302 e. The van der Waals surface area contributed by atoms with Crippen molar-refractivity contribution < 1.29 is 9.53 Å². The van der Waals surface area contributed by atoms with Gasteiger partial charge in [0.25, 0.3) is 0 Å². The summed E-state index contributed by atoms with van der Waals surface area (Å²) in [6.07, 6.45) is 1.38. The summed E-state index contributed by atoms with van der Waals surface area (Å²) in [4.78, 5) is 28.5. The van der Waals surface area contributed by atoms with Gasteiger partial charge in [0.2, 0.25) is 0 Å². The number of aromatic nitrogens is 5. The summed E-state index contributed by atoms with van der Waals surface area (Å²) < 4.78 is 8.61. The van der Waals surface area contributed by atoms with Gasteiger partial charge in [0.05, 0.1) is 21.8 Å². The van der Waals surface area contributed by atoms with Crippen LogP contribution in [0.2, 0.25) is 5.02 Å². The molecule has 27 heavy (non-hydrogen) atoms. The van der Waals surface area contributed by atoms with Gasteiger partial charge in [-0.3, -0.25) is 9.36 Å². The number of halogens is 1. The first-order valence-electron chi connectivity index (χ1n) is 7.86. The molecule has 2 N–H and O–H groups in total. The lowest BCUT2D eigenvalue weighted by Crippen LogP contribution is -2.10. The Kier molecular flexibility index (Phi) is 4.85. The zero-order chi connectivity index (χ0) is 19.0. The molecule has 3 heterocycles. The van der Waals surface area contributed by atoms with Crippen LogP contribution in [0.5, 0.6) is 0 Å². The van der Waals surface area contributed by atoms with Gasteiger partial charge >= 0.3 is 5.97 Å². The van der Waals surface area contributed by atoms with Crippen LogP contribution in [0, 0.1) is 0 Å². The number of nitrogens with two attached hydrogens (primary N) is 1. The van der Waals surface area contributed by atoms with Crippen molar-refractivity contribution in [2.45, 2.75) is 23.0 Å². The molecule has 0 spiro atoms. The molecule has 0 aliphatic rings. The minimum atomic E-state index is -0.344. The van der Waals surface area contributed by atoms with Crippen LogP contribution >= 0.6 is 34.7 Å². The van der Waals surface area contributed by atoms with Crippen LogP contribution in [0.1, 0.15) is 6.92 Å². The number of hydrogen-bond donors (Lipinski definition) is 1. The largest absolute Gasteiger partial charge is 0.464 e. The first-order valence-corrected chi connectivity index (χ1v) is 9.87. The van der Waals surface area contributed by atoms with E-state index in [1.165, 1.54) is 36.3 Å². The van der Waals surface area contributed by atoms with E-state index in [2.05, 4.69) is 19.9 Å². The number of imidazole rings is 1. The fraction of sp³-hybridized carbons (Fsp3) is 0.188. The molecular formula is C16H13ClN6O2S2. The number of nitrogens with zero attached hydrogens (tertiary/aromatic N) is 5. The number of carbonyl (C=O) groups is 1. The average Bonchev–Trinajstić information content (AvgIpc) is 3.18. The molecule has 0 radical (unpaired) electrons. The molecule has 4 rings (SSSR count). The Morgan fingerprint density at radius 2 is 2.22 bits per heavy atom. The topological polar surface area (TPSA) is 109 Å². The van der Waals surface area contributed by atoms with Gasteiger partial charge in [-0.2, -0.15) is 0 Å². The van der Waals surface area contributed by atoms with Crippen molar-refractivity contribution in [2.24, 2.45) is 0 Å².